The number of carbonyl (C=O) groups is 1. The van der Waals surface area contributed by atoms with Crippen LogP contribution in [0.2, 0.25) is 0 Å². The molecule has 2 aromatic carbocycles. The summed E-state index contributed by atoms with van der Waals surface area (Å²) in [6.07, 6.45) is 10.1. The van der Waals surface area contributed by atoms with Gasteiger partial charge in [-0.1, -0.05) is 36.4 Å². The smallest absolute Gasteiger partial charge is 0.335 e. The number of aromatic carboxylic acids is 1. The lowest BCUT2D eigenvalue weighted by atomic mass is 9.96. The van der Waals surface area contributed by atoms with Crippen molar-refractivity contribution in [2.75, 3.05) is 0 Å². The summed E-state index contributed by atoms with van der Waals surface area (Å²) in [5, 5.41) is 9.00. The third-order valence-electron chi connectivity index (χ3n) is 6.01. The van der Waals surface area contributed by atoms with Crippen molar-refractivity contribution in [3.63, 3.8) is 0 Å². The highest BCUT2D eigenvalue weighted by Gasteiger charge is 2.42. The number of hydrogen-bond donors (Lipinski definition) is 1. The Balaban J connectivity index is 1.57. The number of rotatable bonds is 3. The van der Waals surface area contributed by atoms with E-state index in [9.17, 15) is 4.79 Å². The molecule has 4 rings (SSSR count). The predicted octanol–water partition coefficient (Wildman–Crippen LogP) is 5.60. The number of allylic oxidation sites excluding steroid dienone is 1. The van der Waals surface area contributed by atoms with Crippen molar-refractivity contribution < 1.29 is 9.90 Å². The van der Waals surface area contributed by atoms with E-state index in [2.05, 4.69) is 31.2 Å². The fraction of sp³-hybridized carbons (Fsp3) is 0.348. The summed E-state index contributed by atoms with van der Waals surface area (Å²) in [5.41, 5.74) is 7.59. The molecule has 2 aromatic rings. The maximum atomic E-state index is 11.0. The molecule has 2 heteroatoms. The number of carboxylic acids is 1. The van der Waals surface area contributed by atoms with Crippen LogP contribution in [0.25, 0.3) is 11.6 Å². The van der Waals surface area contributed by atoms with E-state index in [1.807, 2.05) is 12.1 Å². The first-order chi connectivity index (χ1) is 12.0. The molecule has 1 fully saturated rings. The van der Waals surface area contributed by atoms with Gasteiger partial charge in [0, 0.05) is 0 Å². The van der Waals surface area contributed by atoms with Gasteiger partial charge in [0.25, 0.3) is 0 Å². The van der Waals surface area contributed by atoms with Crippen LogP contribution < -0.4 is 0 Å². The van der Waals surface area contributed by atoms with Gasteiger partial charge in [0.15, 0.2) is 0 Å². The van der Waals surface area contributed by atoms with Crippen LogP contribution in [0.1, 0.15) is 65.2 Å². The van der Waals surface area contributed by atoms with Gasteiger partial charge >= 0.3 is 5.97 Å². The first-order valence-electron chi connectivity index (χ1n) is 9.19. The molecule has 0 amide bonds. The van der Waals surface area contributed by atoms with E-state index in [4.69, 9.17) is 5.11 Å². The third-order valence-corrected chi connectivity index (χ3v) is 6.01. The van der Waals surface area contributed by atoms with Crippen molar-refractivity contribution in [1.82, 2.24) is 0 Å². The minimum Gasteiger partial charge on any atom is -0.478 e. The molecule has 0 aromatic heterocycles. The summed E-state index contributed by atoms with van der Waals surface area (Å²) in [6, 6.07) is 14.0. The van der Waals surface area contributed by atoms with Crippen molar-refractivity contribution in [3.8, 4) is 0 Å². The zero-order chi connectivity index (χ0) is 17.4. The fourth-order valence-corrected chi connectivity index (χ4v) is 4.00. The molecule has 0 atom stereocenters. The van der Waals surface area contributed by atoms with Gasteiger partial charge < -0.3 is 5.11 Å². The molecule has 2 nitrogen and oxygen atoms in total. The second kappa shape index (κ2) is 6.18. The van der Waals surface area contributed by atoms with E-state index in [0.717, 1.165) is 5.56 Å². The predicted molar refractivity (Wildman–Crippen MR) is 102 cm³/mol. The molecule has 0 radical (unpaired) electrons. The summed E-state index contributed by atoms with van der Waals surface area (Å²) >= 11 is 0. The largest absolute Gasteiger partial charge is 0.478 e. The van der Waals surface area contributed by atoms with Crippen LogP contribution in [0.3, 0.4) is 0 Å². The molecule has 1 spiro atoms. The van der Waals surface area contributed by atoms with Gasteiger partial charge in [-0.25, -0.2) is 4.79 Å². The minimum absolute atomic E-state index is 0.328. The van der Waals surface area contributed by atoms with Gasteiger partial charge in [-0.3, -0.25) is 0 Å². The van der Waals surface area contributed by atoms with Crippen LogP contribution in [0, 0.1) is 5.41 Å². The highest BCUT2D eigenvalue weighted by Crippen LogP contribution is 2.54. The Labute approximate surface area is 149 Å². The van der Waals surface area contributed by atoms with Crippen LogP contribution in [-0.4, -0.2) is 11.1 Å². The fourth-order valence-electron chi connectivity index (χ4n) is 4.00. The molecular formula is C23H24O2. The van der Waals surface area contributed by atoms with E-state index < -0.39 is 5.97 Å². The van der Waals surface area contributed by atoms with Crippen molar-refractivity contribution in [2.45, 2.75) is 45.4 Å². The quantitative estimate of drug-likeness (QED) is 0.742. The number of fused-ring (bicyclic) bond motifs is 1. The summed E-state index contributed by atoms with van der Waals surface area (Å²) in [7, 11) is 0. The number of carboxylic acid groups (broad SMARTS) is 1. The van der Waals surface area contributed by atoms with Crippen molar-refractivity contribution in [1.29, 1.82) is 0 Å². The van der Waals surface area contributed by atoms with E-state index in [-0.39, 0.29) is 0 Å². The lowest BCUT2D eigenvalue weighted by Gasteiger charge is -2.09. The summed E-state index contributed by atoms with van der Waals surface area (Å²) in [5.74, 6) is -0.883. The van der Waals surface area contributed by atoms with Gasteiger partial charge in [0.2, 0.25) is 0 Å². The Morgan fingerprint density at radius 2 is 1.56 bits per heavy atom. The normalized spacial score (nSPS) is 18.5. The van der Waals surface area contributed by atoms with E-state index in [1.54, 1.807) is 12.1 Å². The highest BCUT2D eigenvalue weighted by atomic mass is 16.4. The van der Waals surface area contributed by atoms with Crippen LogP contribution in [-0.2, 0) is 12.8 Å². The average Bonchev–Trinajstić information content (AvgIpc) is 3.41. The molecule has 1 saturated carbocycles. The van der Waals surface area contributed by atoms with Gasteiger partial charge in [-0.15, -0.1) is 0 Å². The van der Waals surface area contributed by atoms with Crippen LogP contribution >= 0.6 is 0 Å². The molecule has 2 aliphatic carbocycles. The highest BCUT2D eigenvalue weighted by molar-refractivity contribution is 5.88. The Morgan fingerprint density at radius 3 is 2.20 bits per heavy atom. The Morgan fingerprint density at radius 1 is 0.920 bits per heavy atom. The van der Waals surface area contributed by atoms with Crippen LogP contribution in [0.15, 0.2) is 42.5 Å². The van der Waals surface area contributed by atoms with Gasteiger partial charge in [-0.2, -0.15) is 0 Å². The SMILES string of the molecule is C/C(=C\c1ccc(C(=O)O)cc1)c1ccc2c(c1)CCC1(CC2)CC1. The first kappa shape index (κ1) is 16.1. The van der Waals surface area contributed by atoms with E-state index in [0.29, 0.717) is 11.0 Å². The molecule has 0 aliphatic heterocycles. The lowest BCUT2D eigenvalue weighted by molar-refractivity contribution is 0.0697. The molecule has 0 heterocycles. The van der Waals surface area contributed by atoms with Gasteiger partial charge in [0.05, 0.1) is 5.56 Å². The molecule has 25 heavy (non-hydrogen) atoms. The number of hydrogen-bond acceptors (Lipinski definition) is 1. The maximum absolute atomic E-state index is 11.0. The Kier molecular flexibility index (Phi) is 3.99. The van der Waals surface area contributed by atoms with Crippen molar-refractivity contribution in [2.24, 2.45) is 5.41 Å². The van der Waals surface area contributed by atoms with Crippen LogP contribution in [0.4, 0.5) is 0 Å². The van der Waals surface area contributed by atoms with Crippen LogP contribution in [0.5, 0.6) is 0 Å². The molecular weight excluding hydrogens is 308 g/mol. The topological polar surface area (TPSA) is 37.3 Å². The second-order valence-corrected chi connectivity index (χ2v) is 7.74. The molecule has 1 N–H and O–H groups in total. The minimum atomic E-state index is -0.883. The zero-order valence-corrected chi connectivity index (χ0v) is 14.7. The molecule has 0 unspecified atom stereocenters. The molecule has 128 valence electrons. The Bertz CT molecular complexity index is 839. The Hall–Kier alpha value is -2.35. The van der Waals surface area contributed by atoms with Gasteiger partial charge in [0.1, 0.15) is 0 Å². The van der Waals surface area contributed by atoms with Gasteiger partial charge in [-0.05, 0) is 90.8 Å². The molecule has 2 aliphatic rings. The number of aryl methyl sites for hydroxylation is 2. The standard InChI is InChI=1S/C23H24O2/c1-16(14-17-2-4-19(5-3-17)22(24)25)20-7-6-18-8-10-23(12-13-23)11-9-21(18)15-20/h2-7,14-15H,8-13H2,1H3,(H,24,25)/b16-14+. The molecule has 0 saturated heterocycles. The second-order valence-electron chi connectivity index (χ2n) is 7.74. The third kappa shape index (κ3) is 3.39. The zero-order valence-electron chi connectivity index (χ0n) is 14.7. The van der Waals surface area contributed by atoms with E-state index >= 15 is 0 Å². The maximum Gasteiger partial charge on any atom is 0.335 e. The average molecular weight is 332 g/mol. The first-order valence-corrected chi connectivity index (χ1v) is 9.19. The van der Waals surface area contributed by atoms with Crippen molar-refractivity contribution >= 4 is 17.6 Å². The summed E-state index contributed by atoms with van der Waals surface area (Å²) in [4.78, 5) is 11.0. The summed E-state index contributed by atoms with van der Waals surface area (Å²) in [6.45, 7) is 2.13. The lowest BCUT2D eigenvalue weighted by Crippen LogP contribution is -1.99. The van der Waals surface area contributed by atoms with E-state index in [1.165, 1.54) is 60.8 Å². The monoisotopic (exact) mass is 332 g/mol. The number of benzene rings is 2. The summed E-state index contributed by atoms with van der Waals surface area (Å²) < 4.78 is 0. The van der Waals surface area contributed by atoms with Crippen molar-refractivity contribution in [3.05, 3.63) is 70.3 Å². The molecule has 0 bridgehead atoms.